The molecule has 0 aliphatic carbocycles. The summed E-state index contributed by atoms with van der Waals surface area (Å²) in [5, 5.41) is 0. The number of nitrogens with zero attached hydrogens (tertiary/aromatic N) is 1. The Labute approximate surface area is 105 Å². The van der Waals surface area contributed by atoms with Crippen LogP contribution in [0.15, 0.2) is 10.7 Å². The van der Waals surface area contributed by atoms with Crippen LogP contribution in [0.5, 0.6) is 5.75 Å². The zero-order valence-electron chi connectivity index (χ0n) is 9.17. The topological polar surface area (TPSA) is 48.4 Å². The number of hydrogen-bond donors (Lipinski definition) is 0. The van der Waals surface area contributed by atoms with Crippen LogP contribution in [0.25, 0.3) is 0 Å². The molecule has 0 N–H and O–H groups in total. The lowest BCUT2D eigenvalue weighted by Crippen LogP contribution is -2.12. The van der Waals surface area contributed by atoms with Gasteiger partial charge in [-0.15, -0.1) is 0 Å². The minimum Gasteiger partial charge on any atom is -0.495 e. The minimum absolute atomic E-state index is 0.0849. The van der Waals surface area contributed by atoms with Crippen molar-refractivity contribution in [2.75, 3.05) is 13.7 Å². The third kappa shape index (κ3) is 2.91. The van der Waals surface area contributed by atoms with Gasteiger partial charge in [-0.3, -0.25) is 0 Å². The Kier molecular flexibility index (Phi) is 4.80. The Balaban J connectivity index is 3.35. The molecule has 1 heterocycles. The molecule has 0 radical (unpaired) electrons. The van der Waals surface area contributed by atoms with Gasteiger partial charge in [0.05, 0.1) is 23.8 Å². The average Bonchev–Trinajstić information content (AvgIpc) is 2.28. The predicted molar refractivity (Wildman–Crippen MR) is 59.4 cm³/mol. The van der Waals surface area contributed by atoms with E-state index in [-0.39, 0.29) is 16.8 Å². The van der Waals surface area contributed by atoms with Crippen molar-refractivity contribution < 1.29 is 23.0 Å². The third-order valence-corrected chi connectivity index (χ3v) is 2.48. The number of aromatic nitrogens is 1. The Bertz CT molecular complexity index is 426. The molecule has 0 saturated carbocycles. The van der Waals surface area contributed by atoms with Gasteiger partial charge in [0.2, 0.25) is 0 Å². The lowest BCUT2D eigenvalue weighted by Gasteiger charge is -2.12. The molecule has 0 bridgehead atoms. The fourth-order valence-corrected chi connectivity index (χ4v) is 1.74. The van der Waals surface area contributed by atoms with Gasteiger partial charge in [0.25, 0.3) is 6.43 Å². The largest absolute Gasteiger partial charge is 0.495 e. The molecule has 17 heavy (non-hydrogen) atoms. The van der Waals surface area contributed by atoms with Crippen LogP contribution in [0.3, 0.4) is 0 Å². The second kappa shape index (κ2) is 5.90. The summed E-state index contributed by atoms with van der Waals surface area (Å²) in [7, 11) is 1.24. The molecule has 4 nitrogen and oxygen atoms in total. The van der Waals surface area contributed by atoms with Gasteiger partial charge in [0.1, 0.15) is 5.75 Å². The second-order valence-corrected chi connectivity index (χ2v) is 3.78. The van der Waals surface area contributed by atoms with Crippen LogP contribution in [0.2, 0.25) is 0 Å². The highest BCUT2D eigenvalue weighted by Crippen LogP contribution is 2.36. The highest BCUT2D eigenvalue weighted by Gasteiger charge is 2.27. The summed E-state index contributed by atoms with van der Waals surface area (Å²) in [4.78, 5) is 15.1. The van der Waals surface area contributed by atoms with E-state index >= 15 is 0 Å². The van der Waals surface area contributed by atoms with E-state index < -0.39 is 23.7 Å². The summed E-state index contributed by atoms with van der Waals surface area (Å²) in [6.07, 6.45) is -1.66. The zero-order valence-corrected chi connectivity index (χ0v) is 10.8. The van der Waals surface area contributed by atoms with Gasteiger partial charge < -0.3 is 9.47 Å². The normalized spacial score (nSPS) is 10.5. The zero-order chi connectivity index (χ0) is 13.0. The number of carbonyl (C=O) groups excluding carboxylic acids is 1. The maximum Gasteiger partial charge on any atom is 0.357 e. The Morgan fingerprint density at radius 1 is 1.59 bits per heavy atom. The molecule has 0 amide bonds. The first-order valence-corrected chi connectivity index (χ1v) is 5.49. The standard InChI is InChI=1S/C10H10BrF2NO3/c1-3-17-10(15)7-6(9(12)13)8(16-2)5(11)4-14-7/h4,9H,3H2,1-2H3. The summed E-state index contributed by atoms with van der Waals surface area (Å²) in [6, 6.07) is 0. The number of pyridine rings is 1. The lowest BCUT2D eigenvalue weighted by atomic mass is 10.2. The van der Waals surface area contributed by atoms with Gasteiger partial charge in [-0.05, 0) is 22.9 Å². The van der Waals surface area contributed by atoms with Crippen LogP contribution >= 0.6 is 15.9 Å². The van der Waals surface area contributed by atoms with Crippen LogP contribution in [-0.2, 0) is 4.74 Å². The molecular formula is C10H10BrF2NO3. The average molecular weight is 310 g/mol. The minimum atomic E-state index is -2.88. The Hall–Kier alpha value is -1.24. The molecule has 1 aromatic rings. The monoisotopic (exact) mass is 309 g/mol. The van der Waals surface area contributed by atoms with Crippen molar-refractivity contribution in [2.24, 2.45) is 0 Å². The van der Waals surface area contributed by atoms with Gasteiger partial charge in [-0.1, -0.05) is 0 Å². The smallest absolute Gasteiger partial charge is 0.357 e. The van der Waals surface area contributed by atoms with E-state index in [2.05, 4.69) is 25.7 Å². The molecule has 1 aromatic heterocycles. The van der Waals surface area contributed by atoms with Crippen LogP contribution in [0.4, 0.5) is 8.78 Å². The summed E-state index contributed by atoms with van der Waals surface area (Å²) >= 11 is 3.02. The van der Waals surface area contributed by atoms with Gasteiger partial charge in [0, 0.05) is 6.20 Å². The van der Waals surface area contributed by atoms with Crippen molar-refractivity contribution in [1.82, 2.24) is 4.98 Å². The van der Waals surface area contributed by atoms with E-state index in [1.165, 1.54) is 13.3 Å². The quantitative estimate of drug-likeness (QED) is 0.802. The van der Waals surface area contributed by atoms with E-state index in [4.69, 9.17) is 4.74 Å². The molecule has 0 saturated heterocycles. The maximum atomic E-state index is 12.9. The fourth-order valence-electron chi connectivity index (χ4n) is 1.26. The predicted octanol–water partition coefficient (Wildman–Crippen LogP) is 2.97. The summed E-state index contributed by atoms with van der Waals surface area (Å²) in [6.45, 7) is 1.66. The maximum absolute atomic E-state index is 12.9. The van der Waals surface area contributed by atoms with E-state index in [1.54, 1.807) is 6.92 Å². The molecule has 0 unspecified atom stereocenters. The van der Waals surface area contributed by atoms with Crippen molar-refractivity contribution in [1.29, 1.82) is 0 Å². The van der Waals surface area contributed by atoms with Gasteiger partial charge in [-0.25, -0.2) is 18.6 Å². The molecule has 0 spiro atoms. The molecule has 0 aliphatic heterocycles. The third-order valence-electron chi connectivity index (χ3n) is 1.91. The molecule has 7 heteroatoms. The van der Waals surface area contributed by atoms with Gasteiger partial charge >= 0.3 is 5.97 Å². The molecule has 0 atom stereocenters. The first kappa shape index (κ1) is 13.8. The highest BCUT2D eigenvalue weighted by molar-refractivity contribution is 9.10. The number of esters is 1. The number of carbonyl (C=O) groups is 1. The number of methoxy groups -OCH3 is 1. The van der Waals surface area contributed by atoms with Crippen molar-refractivity contribution in [3.63, 3.8) is 0 Å². The molecule has 0 fully saturated rings. The van der Waals surface area contributed by atoms with E-state index in [0.29, 0.717) is 0 Å². The summed E-state index contributed by atoms with van der Waals surface area (Å²) in [5.74, 6) is -1.01. The molecule has 94 valence electrons. The van der Waals surface area contributed by atoms with Crippen LogP contribution < -0.4 is 4.74 Å². The first-order valence-electron chi connectivity index (χ1n) is 4.70. The molecule has 0 aliphatic rings. The Morgan fingerprint density at radius 2 is 2.24 bits per heavy atom. The summed E-state index contributed by atoms with van der Waals surface area (Å²) < 4.78 is 35.6. The highest BCUT2D eigenvalue weighted by atomic mass is 79.9. The van der Waals surface area contributed by atoms with Gasteiger partial charge in [-0.2, -0.15) is 0 Å². The van der Waals surface area contributed by atoms with Crippen molar-refractivity contribution in [2.45, 2.75) is 13.3 Å². The van der Waals surface area contributed by atoms with Crippen molar-refractivity contribution in [3.05, 3.63) is 21.9 Å². The fraction of sp³-hybridized carbons (Fsp3) is 0.400. The number of halogens is 3. The first-order chi connectivity index (χ1) is 8.02. The van der Waals surface area contributed by atoms with E-state index in [9.17, 15) is 13.6 Å². The van der Waals surface area contributed by atoms with Crippen LogP contribution in [0.1, 0.15) is 29.4 Å². The number of alkyl halides is 2. The number of ether oxygens (including phenoxy) is 2. The molecule has 0 aromatic carbocycles. The summed E-state index contributed by atoms with van der Waals surface area (Å²) in [5.41, 5.74) is -0.998. The van der Waals surface area contributed by atoms with Crippen molar-refractivity contribution in [3.8, 4) is 5.75 Å². The van der Waals surface area contributed by atoms with Crippen molar-refractivity contribution >= 4 is 21.9 Å². The second-order valence-electron chi connectivity index (χ2n) is 2.92. The lowest BCUT2D eigenvalue weighted by molar-refractivity contribution is 0.0506. The molecule has 1 rings (SSSR count). The van der Waals surface area contributed by atoms with Crippen LogP contribution in [0, 0.1) is 0 Å². The SMILES string of the molecule is CCOC(=O)c1ncc(Br)c(OC)c1C(F)F. The molecular weight excluding hydrogens is 300 g/mol. The number of rotatable bonds is 4. The number of hydrogen-bond acceptors (Lipinski definition) is 4. The van der Waals surface area contributed by atoms with Crippen LogP contribution in [-0.4, -0.2) is 24.7 Å². The van der Waals surface area contributed by atoms with E-state index in [1.807, 2.05) is 0 Å². The Morgan fingerprint density at radius 3 is 2.71 bits per heavy atom. The van der Waals surface area contributed by atoms with E-state index in [0.717, 1.165) is 0 Å². The van der Waals surface area contributed by atoms with Gasteiger partial charge in [0.15, 0.2) is 5.69 Å².